The van der Waals surface area contributed by atoms with Gasteiger partial charge in [0.1, 0.15) is 0 Å². The predicted molar refractivity (Wildman–Crippen MR) is 77.3 cm³/mol. The first-order valence-electron chi connectivity index (χ1n) is 6.95. The second-order valence-corrected chi connectivity index (χ2v) is 5.75. The minimum Gasteiger partial charge on any atom is -0.487 e. The number of methoxy groups -OCH3 is 1. The van der Waals surface area contributed by atoms with Gasteiger partial charge in [-0.05, 0) is 30.9 Å². The fourth-order valence-electron chi connectivity index (χ4n) is 2.21. The first-order chi connectivity index (χ1) is 8.31. The van der Waals surface area contributed by atoms with E-state index in [2.05, 4.69) is 26.0 Å². The molecule has 1 unspecified atom stereocenters. The monoisotopic (exact) mass is 254 g/mol. The minimum atomic E-state index is 0.741. The van der Waals surface area contributed by atoms with Crippen LogP contribution >= 0.6 is 11.3 Å². The first kappa shape index (κ1) is 14.6. The summed E-state index contributed by atoms with van der Waals surface area (Å²) in [5.74, 6) is 0.741. The minimum absolute atomic E-state index is 0.741. The van der Waals surface area contributed by atoms with Crippen molar-refractivity contribution in [1.29, 1.82) is 0 Å². The van der Waals surface area contributed by atoms with Gasteiger partial charge in [-0.15, -0.1) is 11.3 Å². The summed E-state index contributed by atoms with van der Waals surface area (Å²) < 4.78 is 5.27. The second kappa shape index (κ2) is 8.57. The van der Waals surface area contributed by atoms with Gasteiger partial charge >= 0.3 is 0 Å². The Morgan fingerprint density at radius 2 is 1.88 bits per heavy atom. The molecule has 1 heterocycles. The van der Waals surface area contributed by atoms with Crippen LogP contribution in [0.5, 0.6) is 5.06 Å². The third-order valence-electron chi connectivity index (χ3n) is 3.35. The molecule has 1 nitrogen and oxygen atoms in total. The van der Waals surface area contributed by atoms with Crippen LogP contribution in [0.25, 0.3) is 0 Å². The predicted octanol–water partition coefficient (Wildman–Crippen LogP) is 5.61. The van der Waals surface area contributed by atoms with E-state index in [4.69, 9.17) is 4.74 Å². The maximum atomic E-state index is 5.27. The number of rotatable bonds is 9. The third-order valence-corrected chi connectivity index (χ3v) is 4.56. The molecular formula is C15H26OS. The summed E-state index contributed by atoms with van der Waals surface area (Å²) >= 11 is 1.81. The molecule has 0 spiro atoms. The third kappa shape index (κ3) is 5.12. The van der Waals surface area contributed by atoms with Crippen molar-refractivity contribution in [2.45, 2.75) is 64.7 Å². The van der Waals surface area contributed by atoms with Gasteiger partial charge in [0.15, 0.2) is 5.06 Å². The average Bonchev–Trinajstić information content (AvgIpc) is 2.82. The van der Waals surface area contributed by atoms with Gasteiger partial charge in [0.05, 0.1) is 7.11 Å². The van der Waals surface area contributed by atoms with Crippen LogP contribution in [0, 0.1) is 0 Å². The van der Waals surface area contributed by atoms with Crippen LogP contribution in [-0.4, -0.2) is 7.11 Å². The highest BCUT2D eigenvalue weighted by Gasteiger charge is 2.11. The molecule has 0 bridgehead atoms. The Morgan fingerprint density at radius 3 is 2.47 bits per heavy atom. The molecule has 0 amide bonds. The van der Waals surface area contributed by atoms with Crippen LogP contribution < -0.4 is 4.74 Å². The van der Waals surface area contributed by atoms with Crippen molar-refractivity contribution >= 4 is 11.3 Å². The molecule has 17 heavy (non-hydrogen) atoms. The standard InChI is InChI=1S/C15H26OS/c1-4-6-7-8-9-10-13(5-2)14-11-12-15(16-3)17-14/h11-13H,4-10H2,1-3H3. The van der Waals surface area contributed by atoms with E-state index < -0.39 is 0 Å². The molecule has 98 valence electrons. The Labute approximate surface area is 110 Å². The van der Waals surface area contributed by atoms with Crippen LogP contribution in [0.2, 0.25) is 0 Å². The second-order valence-electron chi connectivity index (χ2n) is 4.67. The highest BCUT2D eigenvalue weighted by Crippen LogP contribution is 2.34. The summed E-state index contributed by atoms with van der Waals surface area (Å²) in [6.45, 7) is 4.57. The zero-order valence-electron chi connectivity index (χ0n) is 11.5. The molecule has 2 heteroatoms. The molecule has 0 radical (unpaired) electrons. The van der Waals surface area contributed by atoms with Crippen LogP contribution in [0.1, 0.15) is 69.6 Å². The maximum absolute atomic E-state index is 5.27. The zero-order valence-corrected chi connectivity index (χ0v) is 12.3. The van der Waals surface area contributed by atoms with E-state index in [1.807, 2.05) is 11.3 Å². The summed E-state index contributed by atoms with van der Waals surface area (Å²) in [5, 5.41) is 1.05. The normalized spacial score (nSPS) is 12.6. The Balaban J connectivity index is 2.32. The molecule has 0 fully saturated rings. The fourth-order valence-corrected chi connectivity index (χ4v) is 3.24. The van der Waals surface area contributed by atoms with E-state index in [1.54, 1.807) is 7.11 Å². The maximum Gasteiger partial charge on any atom is 0.173 e. The first-order valence-corrected chi connectivity index (χ1v) is 7.77. The lowest BCUT2D eigenvalue weighted by Crippen LogP contribution is -1.94. The van der Waals surface area contributed by atoms with Crippen LogP contribution in [0.15, 0.2) is 12.1 Å². The van der Waals surface area contributed by atoms with Crippen molar-refractivity contribution in [2.24, 2.45) is 0 Å². The van der Waals surface area contributed by atoms with Gasteiger partial charge in [-0.2, -0.15) is 0 Å². The lowest BCUT2D eigenvalue weighted by atomic mass is 9.96. The van der Waals surface area contributed by atoms with Gasteiger partial charge < -0.3 is 4.74 Å². The molecular weight excluding hydrogens is 228 g/mol. The molecule has 0 aliphatic rings. The molecule has 0 aliphatic heterocycles. The van der Waals surface area contributed by atoms with E-state index >= 15 is 0 Å². The van der Waals surface area contributed by atoms with E-state index in [9.17, 15) is 0 Å². The number of ether oxygens (including phenoxy) is 1. The highest BCUT2D eigenvalue weighted by atomic mass is 32.1. The molecule has 0 aliphatic carbocycles. The number of hydrogen-bond donors (Lipinski definition) is 0. The van der Waals surface area contributed by atoms with Crippen molar-refractivity contribution in [3.63, 3.8) is 0 Å². The molecule has 0 N–H and O–H groups in total. The topological polar surface area (TPSA) is 9.23 Å². The summed E-state index contributed by atoms with van der Waals surface area (Å²) in [6, 6.07) is 4.34. The number of thiophene rings is 1. The number of unbranched alkanes of at least 4 members (excludes halogenated alkanes) is 4. The van der Waals surface area contributed by atoms with Crippen LogP contribution in [-0.2, 0) is 0 Å². The Kier molecular flexibility index (Phi) is 7.34. The highest BCUT2D eigenvalue weighted by molar-refractivity contribution is 7.13. The van der Waals surface area contributed by atoms with Crippen molar-refractivity contribution < 1.29 is 4.74 Å². The lowest BCUT2D eigenvalue weighted by molar-refractivity contribution is 0.427. The molecule has 1 atom stereocenters. The molecule has 0 saturated carbocycles. The molecule has 1 rings (SSSR count). The van der Waals surface area contributed by atoms with E-state index in [1.165, 1.54) is 49.8 Å². The Hall–Kier alpha value is -0.500. The van der Waals surface area contributed by atoms with Gasteiger partial charge in [-0.1, -0.05) is 46.0 Å². The van der Waals surface area contributed by atoms with Crippen molar-refractivity contribution in [1.82, 2.24) is 0 Å². The van der Waals surface area contributed by atoms with Gasteiger partial charge in [0.25, 0.3) is 0 Å². The van der Waals surface area contributed by atoms with Gasteiger partial charge in [0, 0.05) is 4.88 Å². The van der Waals surface area contributed by atoms with Gasteiger partial charge in [-0.25, -0.2) is 0 Å². The van der Waals surface area contributed by atoms with E-state index in [0.717, 1.165) is 11.0 Å². The summed E-state index contributed by atoms with van der Waals surface area (Å²) in [5.41, 5.74) is 0. The molecule has 1 aromatic heterocycles. The van der Waals surface area contributed by atoms with Crippen LogP contribution in [0.4, 0.5) is 0 Å². The van der Waals surface area contributed by atoms with Gasteiger partial charge in [-0.3, -0.25) is 0 Å². The summed E-state index contributed by atoms with van der Waals surface area (Å²) in [6.07, 6.45) is 9.48. The van der Waals surface area contributed by atoms with Crippen molar-refractivity contribution in [3.05, 3.63) is 17.0 Å². The molecule has 0 aromatic carbocycles. The quantitative estimate of drug-likeness (QED) is 0.520. The average molecular weight is 254 g/mol. The Morgan fingerprint density at radius 1 is 1.12 bits per heavy atom. The molecule has 1 aromatic rings. The lowest BCUT2D eigenvalue weighted by Gasteiger charge is -2.12. The Bertz CT molecular complexity index is 293. The smallest absolute Gasteiger partial charge is 0.173 e. The summed E-state index contributed by atoms with van der Waals surface area (Å²) in [4.78, 5) is 1.50. The van der Waals surface area contributed by atoms with E-state index in [-0.39, 0.29) is 0 Å². The zero-order chi connectivity index (χ0) is 12.5. The fraction of sp³-hybridized carbons (Fsp3) is 0.733. The van der Waals surface area contributed by atoms with Crippen molar-refractivity contribution in [3.8, 4) is 5.06 Å². The largest absolute Gasteiger partial charge is 0.487 e. The summed E-state index contributed by atoms with van der Waals surface area (Å²) in [7, 11) is 1.75. The van der Waals surface area contributed by atoms with E-state index in [0.29, 0.717) is 0 Å². The molecule has 0 saturated heterocycles. The SMILES string of the molecule is CCCCCCCC(CC)c1ccc(OC)s1. The number of hydrogen-bond acceptors (Lipinski definition) is 2. The van der Waals surface area contributed by atoms with Crippen LogP contribution in [0.3, 0.4) is 0 Å². The van der Waals surface area contributed by atoms with Gasteiger partial charge in [0.2, 0.25) is 0 Å². The van der Waals surface area contributed by atoms with Crippen molar-refractivity contribution in [2.75, 3.05) is 7.11 Å².